The molecule has 0 saturated carbocycles. The maximum absolute atomic E-state index is 13.0. The molecule has 0 radical (unpaired) electrons. The molecule has 0 bridgehead atoms. The summed E-state index contributed by atoms with van der Waals surface area (Å²) in [5.41, 5.74) is 3.14. The number of hydrogen-bond donors (Lipinski definition) is 1. The van der Waals surface area contributed by atoms with E-state index in [2.05, 4.69) is 34.5 Å². The van der Waals surface area contributed by atoms with E-state index in [1.807, 2.05) is 54.6 Å². The van der Waals surface area contributed by atoms with Gasteiger partial charge in [-0.05, 0) is 16.7 Å². The second-order valence-electron chi connectivity index (χ2n) is 8.86. The Kier molecular flexibility index (Phi) is 6.59. The van der Waals surface area contributed by atoms with Crippen LogP contribution in [-0.4, -0.2) is 65.3 Å². The van der Waals surface area contributed by atoms with Crippen LogP contribution < -0.4 is 5.32 Å². The summed E-state index contributed by atoms with van der Waals surface area (Å²) in [7, 11) is 0. The molecule has 2 saturated heterocycles. The summed E-state index contributed by atoms with van der Waals surface area (Å²) in [6, 6.07) is 28.7. The zero-order valence-electron chi connectivity index (χ0n) is 19.4. The van der Waals surface area contributed by atoms with Crippen LogP contribution >= 0.6 is 0 Å². The van der Waals surface area contributed by atoms with Gasteiger partial charge in [-0.3, -0.25) is 19.4 Å². The van der Waals surface area contributed by atoms with Crippen molar-refractivity contribution < 1.29 is 14.4 Å². The van der Waals surface area contributed by atoms with Crippen LogP contribution in [0.2, 0.25) is 0 Å². The summed E-state index contributed by atoms with van der Waals surface area (Å²) in [5, 5.41) is 2.70. The van der Waals surface area contributed by atoms with Gasteiger partial charge < -0.3 is 10.2 Å². The maximum Gasteiger partial charge on any atom is 0.325 e. The summed E-state index contributed by atoms with van der Waals surface area (Å²) >= 11 is 0. The first-order valence-electron chi connectivity index (χ1n) is 11.9. The summed E-state index contributed by atoms with van der Waals surface area (Å²) in [4.78, 5) is 43.5. The number of carbonyl (C=O) groups is 3. The molecule has 0 aliphatic carbocycles. The third-order valence-electron chi connectivity index (χ3n) is 6.71. The highest BCUT2D eigenvalue weighted by molar-refractivity contribution is 6.06. The minimum atomic E-state index is -0.745. The number of piperazine rings is 1. The molecule has 178 valence electrons. The predicted octanol–water partition coefficient (Wildman–Crippen LogP) is 3.21. The van der Waals surface area contributed by atoms with Gasteiger partial charge in [0.05, 0.1) is 6.04 Å². The van der Waals surface area contributed by atoms with Crippen molar-refractivity contribution in [2.45, 2.75) is 12.1 Å². The first-order chi connectivity index (χ1) is 17.1. The Labute approximate surface area is 204 Å². The van der Waals surface area contributed by atoms with Crippen molar-refractivity contribution in [1.82, 2.24) is 20.0 Å². The summed E-state index contributed by atoms with van der Waals surface area (Å²) in [5.74, 6) is -0.598. The predicted molar refractivity (Wildman–Crippen MR) is 132 cm³/mol. The highest BCUT2D eigenvalue weighted by atomic mass is 16.2. The van der Waals surface area contributed by atoms with E-state index in [1.54, 1.807) is 17.0 Å². The third kappa shape index (κ3) is 4.81. The highest BCUT2D eigenvalue weighted by Gasteiger charge is 2.40. The van der Waals surface area contributed by atoms with E-state index in [-0.39, 0.29) is 24.4 Å². The minimum absolute atomic E-state index is 0.104. The third-order valence-corrected chi connectivity index (χ3v) is 6.71. The molecule has 5 rings (SSSR count). The fraction of sp³-hybridized carbons (Fsp3) is 0.250. The van der Waals surface area contributed by atoms with Crippen LogP contribution in [0.15, 0.2) is 91.0 Å². The quantitative estimate of drug-likeness (QED) is 0.564. The molecule has 2 heterocycles. The lowest BCUT2D eigenvalue weighted by molar-refractivity contribution is -0.138. The maximum atomic E-state index is 13.0. The van der Waals surface area contributed by atoms with Gasteiger partial charge in [-0.1, -0.05) is 91.0 Å². The van der Waals surface area contributed by atoms with Crippen LogP contribution in [0.4, 0.5) is 4.79 Å². The average Bonchev–Trinajstić information content (AvgIpc) is 3.19. The van der Waals surface area contributed by atoms with Gasteiger partial charge in [0, 0.05) is 26.2 Å². The smallest absolute Gasteiger partial charge is 0.325 e. The molecule has 7 heteroatoms. The topological polar surface area (TPSA) is 73.0 Å². The van der Waals surface area contributed by atoms with Gasteiger partial charge >= 0.3 is 6.03 Å². The molecule has 7 nitrogen and oxygen atoms in total. The zero-order chi connectivity index (χ0) is 24.2. The Bertz CT molecular complexity index is 1140. The number of rotatable bonds is 6. The number of benzene rings is 3. The van der Waals surface area contributed by atoms with Crippen LogP contribution in [0.3, 0.4) is 0 Å². The number of carbonyl (C=O) groups excluding carboxylic acids is 3. The fourth-order valence-corrected chi connectivity index (χ4v) is 4.89. The fourth-order valence-electron chi connectivity index (χ4n) is 4.89. The van der Waals surface area contributed by atoms with Gasteiger partial charge in [-0.25, -0.2) is 4.79 Å². The lowest BCUT2D eigenvalue weighted by Gasteiger charge is -2.40. The van der Waals surface area contributed by atoms with Crippen LogP contribution in [0.1, 0.15) is 28.8 Å². The Morgan fingerprint density at radius 3 is 1.83 bits per heavy atom. The lowest BCUT2D eigenvalue weighted by Crippen LogP contribution is -2.52. The van der Waals surface area contributed by atoms with Gasteiger partial charge in [0.15, 0.2) is 0 Å². The first kappa shape index (κ1) is 22.8. The van der Waals surface area contributed by atoms with E-state index >= 15 is 0 Å². The second kappa shape index (κ2) is 10.1. The Morgan fingerprint density at radius 2 is 1.29 bits per heavy atom. The molecule has 2 aliphatic heterocycles. The van der Waals surface area contributed by atoms with E-state index in [0.717, 1.165) is 4.90 Å². The van der Waals surface area contributed by atoms with Crippen LogP contribution in [-0.2, 0) is 9.59 Å². The van der Waals surface area contributed by atoms with Gasteiger partial charge in [0.2, 0.25) is 5.91 Å². The Hall–Kier alpha value is -3.97. The molecular weight excluding hydrogens is 440 g/mol. The molecule has 3 aromatic carbocycles. The van der Waals surface area contributed by atoms with E-state index < -0.39 is 12.1 Å². The molecule has 2 aliphatic rings. The number of hydrogen-bond acceptors (Lipinski definition) is 4. The summed E-state index contributed by atoms with van der Waals surface area (Å²) in [6.45, 7) is 2.25. The van der Waals surface area contributed by atoms with Crippen molar-refractivity contribution >= 4 is 17.8 Å². The van der Waals surface area contributed by atoms with Gasteiger partial charge in [0.1, 0.15) is 12.6 Å². The molecule has 1 unspecified atom stereocenters. The second-order valence-corrected chi connectivity index (χ2v) is 8.86. The van der Waals surface area contributed by atoms with E-state index in [0.29, 0.717) is 31.7 Å². The number of nitrogens with one attached hydrogen (secondary N) is 1. The highest BCUT2D eigenvalue weighted by Crippen LogP contribution is 2.29. The molecule has 2 fully saturated rings. The molecule has 1 N–H and O–H groups in total. The molecule has 0 aromatic heterocycles. The summed E-state index contributed by atoms with van der Waals surface area (Å²) in [6.07, 6.45) is 0. The molecule has 3 aromatic rings. The first-order valence-corrected chi connectivity index (χ1v) is 11.9. The minimum Gasteiger partial charge on any atom is -0.339 e. The van der Waals surface area contributed by atoms with Crippen molar-refractivity contribution in [2.75, 3.05) is 32.7 Å². The monoisotopic (exact) mass is 468 g/mol. The van der Waals surface area contributed by atoms with Crippen molar-refractivity contribution in [2.24, 2.45) is 0 Å². The van der Waals surface area contributed by atoms with Gasteiger partial charge in [0.25, 0.3) is 5.91 Å². The number of amides is 4. The van der Waals surface area contributed by atoms with E-state index in [1.165, 1.54) is 11.1 Å². The Morgan fingerprint density at radius 1 is 0.771 bits per heavy atom. The largest absolute Gasteiger partial charge is 0.339 e. The number of imide groups is 1. The molecule has 0 spiro atoms. The lowest BCUT2D eigenvalue weighted by atomic mass is 9.96. The van der Waals surface area contributed by atoms with Gasteiger partial charge in [-0.2, -0.15) is 0 Å². The molecule has 4 amide bonds. The molecule has 1 atom stereocenters. The molecule has 35 heavy (non-hydrogen) atoms. The van der Waals surface area contributed by atoms with E-state index in [4.69, 9.17) is 0 Å². The SMILES string of the molecule is O=C(CN1C(=O)NC(c2ccccc2)C1=O)N1CCN(C(c2ccccc2)c2ccccc2)CC1. The van der Waals surface area contributed by atoms with Crippen molar-refractivity contribution in [3.05, 3.63) is 108 Å². The van der Waals surface area contributed by atoms with Crippen molar-refractivity contribution in [3.8, 4) is 0 Å². The normalized spacial score (nSPS) is 18.7. The Balaban J connectivity index is 1.23. The number of urea groups is 1. The van der Waals surface area contributed by atoms with Crippen molar-refractivity contribution in [3.63, 3.8) is 0 Å². The molecular formula is C28H28N4O3. The average molecular weight is 469 g/mol. The van der Waals surface area contributed by atoms with Crippen LogP contribution in [0.5, 0.6) is 0 Å². The number of nitrogens with zero attached hydrogens (tertiary/aromatic N) is 3. The van der Waals surface area contributed by atoms with Gasteiger partial charge in [-0.15, -0.1) is 0 Å². The summed E-state index contributed by atoms with van der Waals surface area (Å²) < 4.78 is 0. The van der Waals surface area contributed by atoms with E-state index in [9.17, 15) is 14.4 Å². The zero-order valence-corrected chi connectivity index (χ0v) is 19.4. The van der Waals surface area contributed by atoms with Crippen molar-refractivity contribution in [1.29, 1.82) is 0 Å². The van der Waals surface area contributed by atoms with Crippen LogP contribution in [0.25, 0.3) is 0 Å². The standard InChI is InChI=1S/C28H28N4O3/c33-24(20-32-27(34)25(29-28(32)35)21-10-4-1-5-11-21)30-16-18-31(19-17-30)26(22-12-6-2-7-13-22)23-14-8-3-9-15-23/h1-15,25-26H,16-20H2,(H,29,35). The van der Waals surface area contributed by atoms with Crippen LogP contribution in [0, 0.1) is 0 Å².